The standard InChI is InChI=1S/C22H25Cl2N5O2.C19H20F3N5O2/c23-19-3-4-20(24)15(7-19)9-26-10-17-12-28(13-18(17)11-26)22(31)29-14-16(8-25-29)21(30)27-5-1-2-6-27;20-19(21,22)16-3-1-2-12(4-16)6-25-7-14-9-26(10-15(14)8-25)18(29)27-11-13(5-24-27)17(23)28/h3-4,7-8,14,17-18H,1-2,5-6,9-13H2;1-5,11,14-15H,6-10H2,(H2,23,28). The van der Waals surface area contributed by atoms with Crippen LogP contribution in [0.2, 0.25) is 10.0 Å². The van der Waals surface area contributed by atoms with E-state index in [1.807, 2.05) is 21.9 Å². The average molecular weight is 870 g/mol. The van der Waals surface area contributed by atoms with Crippen molar-refractivity contribution in [3.63, 3.8) is 0 Å². The van der Waals surface area contributed by atoms with Gasteiger partial charge in [0.2, 0.25) is 0 Å². The smallest absolute Gasteiger partial charge is 0.366 e. The number of hydrogen-bond acceptors (Lipinski definition) is 8. The third-order valence-corrected chi connectivity index (χ3v) is 12.8. The van der Waals surface area contributed by atoms with Crippen LogP contribution >= 0.6 is 23.2 Å². The predicted octanol–water partition coefficient (Wildman–Crippen LogP) is 5.49. The van der Waals surface area contributed by atoms with E-state index in [1.165, 1.54) is 35.4 Å². The molecule has 0 radical (unpaired) electrons. The van der Waals surface area contributed by atoms with Crippen LogP contribution in [0.1, 0.15) is 50.2 Å². The minimum Gasteiger partial charge on any atom is -0.366 e. The van der Waals surface area contributed by atoms with Crippen molar-refractivity contribution in [1.82, 2.24) is 44.1 Å². The van der Waals surface area contributed by atoms with Crippen LogP contribution in [0.25, 0.3) is 0 Å². The number of nitrogens with two attached hydrogens (primary N) is 1. The fraction of sp³-hybridized carbons (Fsp3) is 0.463. The summed E-state index contributed by atoms with van der Waals surface area (Å²) in [6, 6.07) is 10.5. The summed E-state index contributed by atoms with van der Waals surface area (Å²) >= 11 is 12.4. The highest BCUT2D eigenvalue weighted by molar-refractivity contribution is 6.33. The second-order valence-corrected chi connectivity index (χ2v) is 17.3. The Morgan fingerprint density at radius 1 is 0.683 bits per heavy atom. The molecule has 0 aliphatic carbocycles. The van der Waals surface area contributed by atoms with E-state index in [4.69, 9.17) is 28.9 Å². The number of alkyl halides is 3. The SMILES string of the molecule is NC(=O)c1cnn(C(=O)N2CC3CN(Cc4cccc(C(F)(F)F)c4)CC3C2)c1.O=C(c1cnn(C(=O)N2CC3CN(Cc4cc(Cl)ccc4Cl)CC3C2)c1)N1CCCC1. The van der Waals surface area contributed by atoms with E-state index in [9.17, 15) is 32.3 Å². The van der Waals surface area contributed by atoms with E-state index in [0.29, 0.717) is 60.7 Å². The second-order valence-electron chi connectivity index (χ2n) is 16.4. The summed E-state index contributed by atoms with van der Waals surface area (Å²) in [5, 5.41) is 9.50. The lowest BCUT2D eigenvalue weighted by atomic mass is 10.0. The molecular weight excluding hydrogens is 824 g/mol. The van der Waals surface area contributed by atoms with Crippen molar-refractivity contribution in [1.29, 1.82) is 0 Å². The average Bonchev–Trinajstić information content (AvgIpc) is 4.06. The summed E-state index contributed by atoms with van der Waals surface area (Å²) in [6.45, 7) is 8.58. The predicted molar refractivity (Wildman–Crippen MR) is 215 cm³/mol. The first-order chi connectivity index (χ1) is 28.7. The summed E-state index contributed by atoms with van der Waals surface area (Å²) in [5.74, 6) is 0.705. The molecule has 2 aromatic heterocycles. The monoisotopic (exact) mass is 868 g/mol. The number of halogens is 5. The molecule has 4 unspecified atom stereocenters. The highest BCUT2D eigenvalue weighted by Gasteiger charge is 2.43. The fourth-order valence-corrected chi connectivity index (χ4v) is 9.62. The molecule has 0 bridgehead atoms. The summed E-state index contributed by atoms with van der Waals surface area (Å²) in [5.41, 5.74) is 6.86. The second kappa shape index (κ2) is 17.2. The first-order valence-electron chi connectivity index (χ1n) is 20.0. The molecule has 14 nitrogen and oxygen atoms in total. The maximum absolute atomic E-state index is 12.9. The maximum atomic E-state index is 12.9. The first kappa shape index (κ1) is 41.8. The van der Waals surface area contributed by atoms with E-state index in [2.05, 4.69) is 20.0 Å². The Hall–Kier alpha value is -4.97. The molecule has 5 aliphatic heterocycles. The molecule has 4 atom stereocenters. The van der Waals surface area contributed by atoms with Gasteiger partial charge in [0.25, 0.3) is 11.8 Å². The van der Waals surface area contributed by atoms with Gasteiger partial charge in [-0.3, -0.25) is 19.4 Å². The lowest BCUT2D eigenvalue weighted by Gasteiger charge is -2.22. The molecular formula is C41H45Cl2F3N10O4. The molecule has 5 saturated heterocycles. The summed E-state index contributed by atoms with van der Waals surface area (Å²) in [4.78, 5) is 59.1. The lowest BCUT2D eigenvalue weighted by molar-refractivity contribution is -0.137. The van der Waals surface area contributed by atoms with Crippen LogP contribution in [0.3, 0.4) is 0 Å². The van der Waals surface area contributed by atoms with Crippen molar-refractivity contribution in [2.45, 2.75) is 32.1 Å². The molecule has 7 heterocycles. The van der Waals surface area contributed by atoms with Gasteiger partial charge in [-0.2, -0.15) is 32.7 Å². The van der Waals surface area contributed by atoms with Crippen molar-refractivity contribution in [3.05, 3.63) is 105 Å². The Kier molecular flexibility index (Phi) is 12.0. The normalized spacial score (nSPS) is 22.9. The van der Waals surface area contributed by atoms with Gasteiger partial charge in [0.15, 0.2) is 0 Å². The molecule has 318 valence electrons. The molecule has 5 fully saturated rings. The Labute approximate surface area is 354 Å². The lowest BCUT2D eigenvalue weighted by Crippen LogP contribution is -2.36. The van der Waals surface area contributed by atoms with Crippen LogP contribution < -0.4 is 5.73 Å². The molecule has 2 aromatic carbocycles. The molecule has 19 heteroatoms. The minimum atomic E-state index is -4.35. The summed E-state index contributed by atoms with van der Waals surface area (Å²) in [7, 11) is 0. The van der Waals surface area contributed by atoms with Gasteiger partial charge in [0.1, 0.15) is 0 Å². The highest BCUT2D eigenvalue weighted by Crippen LogP contribution is 2.35. The van der Waals surface area contributed by atoms with E-state index in [-0.39, 0.29) is 35.4 Å². The zero-order chi connectivity index (χ0) is 42.3. The van der Waals surface area contributed by atoms with Gasteiger partial charge in [-0.25, -0.2) is 9.59 Å². The molecule has 9 rings (SSSR count). The van der Waals surface area contributed by atoms with E-state index >= 15 is 0 Å². The van der Waals surface area contributed by atoms with Crippen LogP contribution in [0.5, 0.6) is 0 Å². The number of aromatic nitrogens is 4. The Morgan fingerprint density at radius 2 is 1.22 bits per heavy atom. The molecule has 4 aromatic rings. The summed E-state index contributed by atoms with van der Waals surface area (Å²) < 4.78 is 41.1. The molecule has 0 spiro atoms. The van der Waals surface area contributed by atoms with Crippen LogP contribution in [0.4, 0.5) is 22.8 Å². The summed E-state index contributed by atoms with van der Waals surface area (Å²) in [6.07, 6.45) is 3.38. The van der Waals surface area contributed by atoms with E-state index < -0.39 is 17.6 Å². The van der Waals surface area contributed by atoms with Crippen LogP contribution in [0, 0.1) is 23.7 Å². The number of carbonyl (C=O) groups excluding carboxylic acids is 4. The van der Waals surface area contributed by atoms with Crippen LogP contribution in [0.15, 0.2) is 67.3 Å². The third-order valence-electron chi connectivity index (χ3n) is 12.2. The molecule has 5 aliphatic rings. The van der Waals surface area contributed by atoms with Gasteiger partial charge < -0.3 is 20.4 Å². The van der Waals surface area contributed by atoms with E-state index in [1.54, 1.807) is 23.2 Å². The number of likely N-dealkylation sites (tertiary alicyclic amines) is 5. The van der Waals surface area contributed by atoms with Gasteiger partial charge in [-0.15, -0.1) is 0 Å². The molecule has 2 N–H and O–H groups in total. The Morgan fingerprint density at radius 3 is 1.75 bits per heavy atom. The molecule has 4 amide bonds. The van der Waals surface area contributed by atoms with Crippen molar-refractivity contribution < 1.29 is 32.3 Å². The number of amides is 4. The van der Waals surface area contributed by atoms with E-state index in [0.717, 1.165) is 80.0 Å². The number of primary amides is 1. The van der Waals surface area contributed by atoms with Crippen molar-refractivity contribution in [2.24, 2.45) is 29.4 Å². The number of nitrogens with zero attached hydrogens (tertiary/aromatic N) is 9. The molecule has 0 saturated carbocycles. The zero-order valence-corrected chi connectivity index (χ0v) is 34.2. The molecule has 60 heavy (non-hydrogen) atoms. The van der Waals surface area contributed by atoms with Crippen LogP contribution in [-0.2, 0) is 19.3 Å². The number of fused-ring (bicyclic) bond motifs is 2. The van der Waals surface area contributed by atoms with Crippen molar-refractivity contribution in [2.75, 3.05) is 65.4 Å². The quantitative estimate of drug-likeness (QED) is 0.268. The first-order valence-corrected chi connectivity index (χ1v) is 20.8. The third kappa shape index (κ3) is 9.18. The van der Waals surface area contributed by atoms with Gasteiger partial charge in [0, 0.05) is 101 Å². The van der Waals surface area contributed by atoms with Gasteiger partial charge >= 0.3 is 18.2 Å². The van der Waals surface area contributed by atoms with Gasteiger partial charge in [0.05, 0.1) is 29.1 Å². The minimum absolute atomic E-state index is 0.0369. The van der Waals surface area contributed by atoms with Crippen molar-refractivity contribution in [3.8, 4) is 0 Å². The topological polar surface area (TPSA) is 146 Å². The number of rotatable bonds is 6. The Balaban J connectivity index is 0.000000167. The zero-order valence-electron chi connectivity index (χ0n) is 32.7. The number of carbonyl (C=O) groups is 4. The van der Waals surface area contributed by atoms with Crippen molar-refractivity contribution >= 4 is 47.1 Å². The highest BCUT2D eigenvalue weighted by atomic mass is 35.5. The Bertz CT molecular complexity index is 2230. The van der Waals surface area contributed by atoms with Gasteiger partial charge in [-0.05, 0) is 71.9 Å². The maximum Gasteiger partial charge on any atom is 0.416 e. The van der Waals surface area contributed by atoms with Gasteiger partial charge in [-0.1, -0.05) is 41.4 Å². The number of hydrogen-bond donors (Lipinski definition) is 1. The largest absolute Gasteiger partial charge is 0.416 e. The fourth-order valence-electron chi connectivity index (χ4n) is 9.25. The number of benzene rings is 2. The van der Waals surface area contributed by atoms with Crippen LogP contribution in [-0.4, -0.2) is 133 Å².